The molecule has 0 saturated heterocycles. The number of carboxylic acid groups (broad SMARTS) is 1. The predicted octanol–water partition coefficient (Wildman–Crippen LogP) is 4.51. The molecule has 2 aromatic rings. The van der Waals surface area contributed by atoms with Crippen molar-refractivity contribution < 1.29 is 24.2 Å². The van der Waals surface area contributed by atoms with Crippen molar-refractivity contribution >= 4 is 23.6 Å². The van der Waals surface area contributed by atoms with Crippen molar-refractivity contribution in [3.05, 3.63) is 53.1 Å². The Labute approximate surface area is 175 Å². The highest BCUT2D eigenvalue weighted by Gasteiger charge is 2.15. The molecule has 7 heteroatoms. The van der Waals surface area contributed by atoms with E-state index in [9.17, 15) is 9.59 Å². The van der Waals surface area contributed by atoms with Crippen LogP contribution in [0, 0.1) is 0 Å². The van der Waals surface area contributed by atoms with Gasteiger partial charge in [-0.05, 0) is 48.1 Å². The fourth-order valence-electron chi connectivity index (χ4n) is 2.66. The third kappa shape index (κ3) is 6.71. The zero-order valence-corrected chi connectivity index (χ0v) is 18.0. The number of carbonyl (C=O) groups excluding carboxylic acids is 1. The van der Waals surface area contributed by atoms with Crippen molar-refractivity contribution in [2.75, 3.05) is 13.7 Å². The van der Waals surface area contributed by atoms with E-state index in [0.29, 0.717) is 45.9 Å². The lowest BCUT2D eigenvalue weighted by Gasteiger charge is -2.16. The van der Waals surface area contributed by atoms with Gasteiger partial charge in [0, 0.05) is 23.4 Å². The van der Waals surface area contributed by atoms with Crippen LogP contribution in [0.4, 0.5) is 0 Å². The van der Waals surface area contributed by atoms with Gasteiger partial charge in [0.25, 0.3) is 5.91 Å². The Morgan fingerprint density at radius 1 is 1.10 bits per heavy atom. The minimum Gasteiger partial charge on any atom is -0.493 e. The van der Waals surface area contributed by atoms with Crippen LogP contribution in [0.2, 0.25) is 0 Å². The van der Waals surface area contributed by atoms with Gasteiger partial charge >= 0.3 is 5.97 Å². The maximum absolute atomic E-state index is 12.2. The Kier molecular flexibility index (Phi) is 8.39. The van der Waals surface area contributed by atoms with Crippen LogP contribution in [-0.4, -0.2) is 35.9 Å². The van der Waals surface area contributed by atoms with E-state index >= 15 is 0 Å². The van der Waals surface area contributed by atoms with Crippen LogP contribution in [-0.2, 0) is 17.0 Å². The second-order valence-corrected chi connectivity index (χ2v) is 8.26. The molecule has 0 fully saturated rings. The topological polar surface area (TPSA) is 84.9 Å². The van der Waals surface area contributed by atoms with E-state index < -0.39 is 5.97 Å². The lowest BCUT2D eigenvalue weighted by atomic mass is 10.1. The number of hydrogen-bond acceptors (Lipinski definition) is 5. The first-order chi connectivity index (χ1) is 13.8. The van der Waals surface area contributed by atoms with Crippen LogP contribution in [0.25, 0.3) is 0 Å². The maximum Gasteiger partial charge on any atom is 0.307 e. The van der Waals surface area contributed by atoms with E-state index in [0.717, 1.165) is 5.56 Å². The number of thioether (sulfide) groups is 1. The molecule has 29 heavy (non-hydrogen) atoms. The van der Waals surface area contributed by atoms with Crippen molar-refractivity contribution in [2.45, 2.75) is 38.2 Å². The van der Waals surface area contributed by atoms with Crippen LogP contribution in [0.5, 0.6) is 17.2 Å². The van der Waals surface area contributed by atoms with Gasteiger partial charge in [-0.25, -0.2) is 0 Å². The minimum atomic E-state index is -0.915. The zero-order chi connectivity index (χ0) is 21.4. The molecule has 0 bridgehead atoms. The number of nitrogens with one attached hydrogen (secondary N) is 1. The van der Waals surface area contributed by atoms with E-state index in [1.807, 2.05) is 13.0 Å². The summed E-state index contributed by atoms with van der Waals surface area (Å²) >= 11 is 1.74. The summed E-state index contributed by atoms with van der Waals surface area (Å²) in [5.74, 6) is 1.19. The summed E-state index contributed by atoms with van der Waals surface area (Å²) in [5, 5.41) is 12.3. The molecule has 0 atom stereocenters. The number of amides is 1. The molecule has 0 aromatic heterocycles. The summed E-state index contributed by atoms with van der Waals surface area (Å²) in [7, 11) is 1.53. The molecule has 0 aliphatic heterocycles. The summed E-state index contributed by atoms with van der Waals surface area (Å²) in [6.45, 7) is 6.65. The molecule has 2 N–H and O–H groups in total. The van der Waals surface area contributed by atoms with Gasteiger partial charge in [-0.1, -0.05) is 19.9 Å². The van der Waals surface area contributed by atoms with Gasteiger partial charge in [-0.2, -0.15) is 11.8 Å². The number of rotatable bonds is 10. The number of ether oxygens (including phenoxy) is 2. The molecule has 1 amide bonds. The van der Waals surface area contributed by atoms with Crippen LogP contribution in [0.1, 0.15) is 42.3 Å². The highest BCUT2D eigenvalue weighted by molar-refractivity contribution is 7.99. The number of carboxylic acids is 1. The second kappa shape index (κ2) is 10.8. The zero-order valence-electron chi connectivity index (χ0n) is 17.2. The molecule has 0 aliphatic carbocycles. The fourth-order valence-corrected chi connectivity index (χ4v) is 3.39. The standard InChI is InChI=1S/C22H27NO5S/c1-5-23-22(26)16-7-9-18(17(12-16)13-29-14(2)3)28-20-10-15(11-21(24)25)6-8-19(20)27-4/h6-10,12,14H,5,11,13H2,1-4H3,(H,23,26)(H,24,25). The average Bonchev–Trinajstić information content (AvgIpc) is 2.67. The number of benzene rings is 2. The molecule has 0 saturated carbocycles. The average molecular weight is 418 g/mol. The minimum absolute atomic E-state index is 0.105. The largest absolute Gasteiger partial charge is 0.493 e. The third-order valence-corrected chi connectivity index (χ3v) is 5.18. The highest BCUT2D eigenvalue weighted by atomic mass is 32.2. The van der Waals surface area contributed by atoms with Gasteiger partial charge in [-0.3, -0.25) is 9.59 Å². The van der Waals surface area contributed by atoms with Gasteiger partial charge in [0.05, 0.1) is 13.5 Å². The Balaban J connectivity index is 2.39. The van der Waals surface area contributed by atoms with Crippen molar-refractivity contribution in [1.82, 2.24) is 5.32 Å². The SMILES string of the molecule is CCNC(=O)c1ccc(Oc2cc(CC(=O)O)ccc2OC)c(CSC(C)C)c1. The first-order valence-electron chi connectivity index (χ1n) is 9.43. The molecular formula is C22H27NO5S. The quantitative estimate of drug-likeness (QED) is 0.592. The van der Waals surface area contributed by atoms with Crippen molar-refractivity contribution in [3.8, 4) is 17.2 Å². The maximum atomic E-state index is 12.2. The van der Waals surface area contributed by atoms with Gasteiger partial charge in [0.15, 0.2) is 11.5 Å². The van der Waals surface area contributed by atoms with Gasteiger partial charge in [0.1, 0.15) is 5.75 Å². The van der Waals surface area contributed by atoms with Gasteiger partial charge < -0.3 is 19.9 Å². The van der Waals surface area contributed by atoms with Gasteiger partial charge in [0.2, 0.25) is 0 Å². The molecular weight excluding hydrogens is 390 g/mol. The summed E-state index contributed by atoms with van der Waals surface area (Å²) in [6, 6.07) is 10.4. The van der Waals surface area contributed by atoms with Crippen molar-refractivity contribution in [3.63, 3.8) is 0 Å². The van der Waals surface area contributed by atoms with E-state index in [2.05, 4.69) is 19.2 Å². The lowest BCUT2D eigenvalue weighted by Crippen LogP contribution is -2.22. The molecule has 0 heterocycles. The molecule has 6 nitrogen and oxygen atoms in total. The van der Waals surface area contributed by atoms with Crippen molar-refractivity contribution in [1.29, 1.82) is 0 Å². The Bertz CT molecular complexity index is 866. The van der Waals surface area contributed by atoms with Crippen LogP contribution >= 0.6 is 11.8 Å². The molecule has 0 aliphatic rings. The van der Waals surface area contributed by atoms with E-state index in [1.165, 1.54) is 7.11 Å². The normalized spacial score (nSPS) is 10.7. The smallest absolute Gasteiger partial charge is 0.307 e. The second-order valence-electron chi connectivity index (χ2n) is 6.70. The Morgan fingerprint density at radius 3 is 2.45 bits per heavy atom. The summed E-state index contributed by atoms with van der Waals surface area (Å²) in [5.41, 5.74) is 2.08. The number of methoxy groups -OCH3 is 1. The van der Waals surface area contributed by atoms with E-state index in [-0.39, 0.29) is 12.3 Å². The van der Waals surface area contributed by atoms with Crippen LogP contribution < -0.4 is 14.8 Å². The first kappa shape index (κ1) is 22.6. The molecule has 0 unspecified atom stereocenters. The molecule has 0 radical (unpaired) electrons. The third-order valence-electron chi connectivity index (χ3n) is 4.04. The predicted molar refractivity (Wildman–Crippen MR) is 115 cm³/mol. The number of carbonyl (C=O) groups is 2. The monoisotopic (exact) mass is 417 g/mol. The molecule has 0 spiro atoms. The number of aliphatic carboxylic acids is 1. The summed E-state index contributed by atoms with van der Waals surface area (Å²) in [4.78, 5) is 23.3. The summed E-state index contributed by atoms with van der Waals surface area (Å²) in [6.07, 6.45) is -0.105. The Hall–Kier alpha value is -2.67. The number of hydrogen-bond donors (Lipinski definition) is 2. The van der Waals surface area contributed by atoms with Gasteiger partial charge in [-0.15, -0.1) is 0 Å². The summed E-state index contributed by atoms with van der Waals surface area (Å²) < 4.78 is 11.5. The lowest BCUT2D eigenvalue weighted by molar-refractivity contribution is -0.136. The molecule has 156 valence electrons. The Morgan fingerprint density at radius 2 is 1.83 bits per heavy atom. The van der Waals surface area contributed by atoms with E-state index in [4.69, 9.17) is 14.6 Å². The van der Waals surface area contributed by atoms with Crippen LogP contribution in [0.15, 0.2) is 36.4 Å². The fraction of sp³-hybridized carbons (Fsp3) is 0.364. The van der Waals surface area contributed by atoms with Crippen molar-refractivity contribution in [2.24, 2.45) is 0 Å². The first-order valence-corrected chi connectivity index (χ1v) is 10.5. The van der Waals surface area contributed by atoms with E-state index in [1.54, 1.807) is 42.1 Å². The molecule has 2 aromatic carbocycles. The molecule has 2 rings (SSSR count). The van der Waals surface area contributed by atoms with Crippen LogP contribution in [0.3, 0.4) is 0 Å². The highest BCUT2D eigenvalue weighted by Crippen LogP contribution is 2.36.